The van der Waals surface area contributed by atoms with E-state index in [-0.39, 0.29) is 24.0 Å². The van der Waals surface area contributed by atoms with Gasteiger partial charge in [-0.05, 0) is 49.1 Å². The van der Waals surface area contributed by atoms with Gasteiger partial charge in [-0.25, -0.2) is 9.98 Å². The second kappa shape index (κ2) is 11.0. The molecule has 1 heterocycles. The Kier molecular flexibility index (Phi) is 9.40. The Balaban J connectivity index is 0.00000338. The van der Waals surface area contributed by atoms with Crippen LogP contribution in [-0.4, -0.2) is 24.0 Å². The average Bonchev–Trinajstić information content (AvgIpc) is 2.62. The largest absolute Gasteiger partial charge is 0.370 e. The molecule has 0 aliphatic heterocycles. The Morgan fingerprint density at radius 1 is 1.19 bits per heavy atom. The lowest BCUT2D eigenvalue weighted by atomic mass is 10.0. The van der Waals surface area contributed by atoms with Gasteiger partial charge in [0, 0.05) is 25.0 Å². The maximum Gasteiger partial charge on any atom is 0.193 e. The molecule has 0 radical (unpaired) electrons. The lowest BCUT2D eigenvalue weighted by molar-refractivity contribution is 0.843. The Morgan fingerprint density at radius 2 is 1.92 bits per heavy atom. The van der Waals surface area contributed by atoms with Crippen LogP contribution in [-0.2, 0) is 6.54 Å². The minimum Gasteiger partial charge on any atom is -0.370 e. The lowest BCUT2D eigenvalue weighted by Crippen LogP contribution is -2.23. The lowest BCUT2D eigenvalue weighted by Gasteiger charge is -2.19. The quantitative estimate of drug-likeness (QED) is 0.355. The van der Waals surface area contributed by atoms with Gasteiger partial charge < -0.3 is 16.0 Å². The molecule has 2 aromatic rings. The number of pyridine rings is 1. The summed E-state index contributed by atoms with van der Waals surface area (Å²) in [6, 6.07) is 12.3. The van der Waals surface area contributed by atoms with Crippen LogP contribution >= 0.6 is 24.0 Å². The van der Waals surface area contributed by atoms with E-state index in [1.807, 2.05) is 24.4 Å². The molecular formula is C20H30IN5. The molecule has 1 aromatic heterocycles. The van der Waals surface area contributed by atoms with Gasteiger partial charge in [0.25, 0.3) is 0 Å². The fraction of sp³-hybridized carbons (Fsp3) is 0.400. The van der Waals surface area contributed by atoms with Crippen LogP contribution in [0.1, 0.15) is 44.7 Å². The van der Waals surface area contributed by atoms with Crippen molar-refractivity contribution in [3.8, 4) is 0 Å². The summed E-state index contributed by atoms with van der Waals surface area (Å²) in [6.45, 7) is 11.0. The standard InChI is InChI=1S/C20H29N5.HI/c1-5-25(6-2)19-11-10-16(13-22-19)14-23-20(21)24-18-9-7-8-17(12-18)15(3)4;/h7-13,15H,5-6,14H2,1-4H3,(H3,21,23,24);1H. The predicted molar refractivity (Wildman–Crippen MR) is 123 cm³/mol. The summed E-state index contributed by atoms with van der Waals surface area (Å²) in [5.74, 6) is 1.89. The zero-order chi connectivity index (χ0) is 18.2. The highest BCUT2D eigenvalue weighted by Gasteiger charge is 2.04. The highest BCUT2D eigenvalue weighted by molar-refractivity contribution is 14.0. The van der Waals surface area contributed by atoms with E-state index in [0.29, 0.717) is 18.4 Å². The summed E-state index contributed by atoms with van der Waals surface area (Å²) in [5, 5.41) is 3.15. The topological polar surface area (TPSA) is 66.5 Å². The van der Waals surface area contributed by atoms with Crippen molar-refractivity contribution in [3.63, 3.8) is 0 Å². The van der Waals surface area contributed by atoms with Crippen molar-refractivity contribution in [2.75, 3.05) is 23.3 Å². The smallest absolute Gasteiger partial charge is 0.193 e. The first-order valence-electron chi connectivity index (χ1n) is 8.90. The molecular weight excluding hydrogens is 437 g/mol. The van der Waals surface area contributed by atoms with Gasteiger partial charge in [0.05, 0.1) is 6.54 Å². The number of nitrogens with two attached hydrogens (primary N) is 1. The van der Waals surface area contributed by atoms with Crippen LogP contribution in [0.4, 0.5) is 11.5 Å². The van der Waals surface area contributed by atoms with Gasteiger partial charge in [-0.1, -0.05) is 32.0 Å². The second-order valence-corrected chi connectivity index (χ2v) is 6.30. The molecule has 142 valence electrons. The van der Waals surface area contributed by atoms with E-state index in [1.165, 1.54) is 5.56 Å². The number of aromatic nitrogens is 1. The zero-order valence-electron chi connectivity index (χ0n) is 16.1. The highest BCUT2D eigenvalue weighted by atomic mass is 127. The molecule has 0 aliphatic rings. The van der Waals surface area contributed by atoms with Crippen LogP contribution in [0.15, 0.2) is 47.6 Å². The number of anilines is 2. The monoisotopic (exact) mass is 467 g/mol. The van der Waals surface area contributed by atoms with Crippen molar-refractivity contribution in [3.05, 3.63) is 53.7 Å². The number of halogens is 1. The van der Waals surface area contributed by atoms with E-state index in [1.54, 1.807) is 0 Å². The fourth-order valence-electron chi connectivity index (χ4n) is 2.58. The highest BCUT2D eigenvalue weighted by Crippen LogP contribution is 2.18. The zero-order valence-corrected chi connectivity index (χ0v) is 18.4. The predicted octanol–water partition coefficient (Wildman–Crippen LogP) is 4.60. The number of rotatable bonds is 7. The molecule has 0 spiro atoms. The van der Waals surface area contributed by atoms with E-state index < -0.39 is 0 Å². The van der Waals surface area contributed by atoms with Gasteiger partial charge in [-0.15, -0.1) is 24.0 Å². The Hall–Kier alpha value is -1.83. The van der Waals surface area contributed by atoms with Gasteiger partial charge in [0.2, 0.25) is 0 Å². The van der Waals surface area contributed by atoms with Crippen molar-refractivity contribution in [1.29, 1.82) is 0 Å². The van der Waals surface area contributed by atoms with Gasteiger partial charge in [-0.3, -0.25) is 0 Å². The van der Waals surface area contributed by atoms with E-state index >= 15 is 0 Å². The fourth-order valence-corrected chi connectivity index (χ4v) is 2.58. The number of guanidine groups is 1. The summed E-state index contributed by atoms with van der Waals surface area (Å²) < 4.78 is 0. The van der Waals surface area contributed by atoms with E-state index in [4.69, 9.17) is 5.73 Å². The molecule has 0 bridgehead atoms. The molecule has 0 saturated heterocycles. The van der Waals surface area contributed by atoms with Crippen molar-refractivity contribution in [1.82, 2.24) is 4.98 Å². The number of nitrogens with zero attached hydrogens (tertiary/aromatic N) is 3. The minimum absolute atomic E-state index is 0. The van der Waals surface area contributed by atoms with Crippen molar-refractivity contribution in [2.24, 2.45) is 10.7 Å². The Labute approximate surface area is 174 Å². The van der Waals surface area contributed by atoms with E-state index in [2.05, 4.69) is 66.1 Å². The summed E-state index contributed by atoms with van der Waals surface area (Å²) >= 11 is 0. The van der Waals surface area contributed by atoms with Gasteiger partial charge >= 0.3 is 0 Å². The molecule has 5 nitrogen and oxygen atoms in total. The normalized spacial score (nSPS) is 11.2. The molecule has 0 unspecified atom stereocenters. The third kappa shape index (κ3) is 6.48. The van der Waals surface area contributed by atoms with Gasteiger partial charge in [-0.2, -0.15) is 0 Å². The van der Waals surface area contributed by atoms with Crippen molar-refractivity contribution in [2.45, 2.75) is 40.2 Å². The Morgan fingerprint density at radius 3 is 2.50 bits per heavy atom. The number of hydrogen-bond donors (Lipinski definition) is 2. The van der Waals surface area contributed by atoms with Gasteiger partial charge in [0.15, 0.2) is 5.96 Å². The van der Waals surface area contributed by atoms with Crippen molar-refractivity contribution < 1.29 is 0 Å². The first-order chi connectivity index (χ1) is 12.0. The van der Waals surface area contributed by atoms with Crippen LogP contribution in [0.25, 0.3) is 0 Å². The van der Waals surface area contributed by atoms with Gasteiger partial charge in [0.1, 0.15) is 5.82 Å². The number of aliphatic imine (C=N–C) groups is 1. The Bertz CT molecular complexity index is 694. The molecule has 2 rings (SSSR count). The van der Waals surface area contributed by atoms with Crippen LogP contribution in [0, 0.1) is 0 Å². The van der Waals surface area contributed by atoms with Crippen molar-refractivity contribution >= 4 is 41.4 Å². The molecule has 0 saturated carbocycles. The van der Waals surface area contributed by atoms with E-state index in [0.717, 1.165) is 30.2 Å². The van der Waals surface area contributed by atoms with Crippen LogP contribution in [0.5, 0.6) is 0 Å². The summed E-state index contributed by atoms with van der Waals surface area (Å²) in [4.78, 5) is 11.1. The number of hydrogen-bond acceptors (Lipinski definition) is 3. The third-order valence-corrected chi connectivity index (χ3v) is 4.15. The minimum atomic E-state index is 0. The second-order valence-electron chi connectivity index (χ2n) is 6.30. The molecule has 0 atom stereocenters. The molecule has 1 aromatic carbocycles. The summed E-state index contributed by atoms with van der Waals surface area (Å²) in [7, 11) is 0. The van der Waals surface area contributed by atoms with Crippen LogP contribution in [0.2, 0.25) is 0 Å². The molecule has 26 heavy (non-hydrogen) atoms. The van der Waals surface area contributed by atoms with Crippen LogP contribution in [0.3, 0.4) is 0 Å². The molecule has 0 aliphatic carbocycles. The molecule has 0 fully saturated rings. The average molecular weight is 467 g/mol. The maximum atomic E-state index is 6.01. The first-order valence-corrected chi connectivity index (χ1v) is 8.90. The first kappa shape index (κ1) is 22.2. The van der Waals surface area contributed by atoms with E-state index in [9.17, 15) is 0 Å². The number of benzene rings is 1. The molecule has 3 N–H and O–H groups in total. The maximum absolute atomic E-state index is 6.01. The van der Waals surface area contributed by atoms with Crippen LogP contribution < -0.4 is 16.0 Å². The molecule has 6 heteroatoms. The summed E-state index contributed by atoms with van der Waals surface area (Å²) in [6.07, 6.45) is 1.86. The SMILES string of the molecule is CCN(CC)c1ccc(CN=C(N)Nc2cccc(C(C)C)c2)cn1.I. The third-order valence-electron chi connectivity index (χ3n) is 4.15. The summed E-state index contributed by atoms with van der Waals surface area (Å²) in [5.41, 5.74) is 9.28. The molecule has 0 amide bonds. The number of nitrogens with one attached hydrogen (secondary N) is 1.